The Bertz CT molecular complexity index is 675. The molecule has 0 amide bonds. The van der Waals surface area contributed by atoms with Crippen LogP contribution in [0.15, 0.2) is 78.9 Å². The van der Waals surface area contributed by atoms with Gasteiger partial charge in [-0.2, -0.15) is 0 Å². The van der Waals surface area contributed by atoms with Crippen molar-refractivity contribution in [3.63, 3.8) is 0 Å². The zero-order valence-corrected chi connectivity index (χ0v) is 12.3. The highest BCUT2D eigenvalue weighted by atomic mass is 16.4. The quantitative estimate of drug-likeness (QED) is 0.633. The van der Waals surface area contributed by atoms with Crippen molar-refractivity contribution in [2.24, 2.45) is 5.92 Å². The molecule has 0 aliphatic carbocycles. The van der Waals surface area contributed by atoms with Crippen molar-refractivity contribution in [1.82, 2.24) is 0 Å². The van der Waals surface area contributed by atoms with Crippen molar-refractivity contribution in [3.8, 4) is 0 Å². The van der Waals surface area contributed by atoms with E-state index in [9.17, 15) is 9.59 Å². The minimum absolute atomic E-state index is 0.886. The average molecular weight is 308 g/mol. The van der Waals surface area contributed by atoms with E-state index in [1.807, 2.05) is 60.7 Å². The summed E-state index contributed by atoms with van der Waals surface area (Å²) < 4.78 is 0. The van der Waals surface area contributed by atoms with Gasteiger partial charge in [0.1, 0.15) is 0 Å². The molecule has 0 bridgehead atoms. The van der Waals surface area contributed by atoms with Gasteiger partial charge < -0.3 is 10.2 Å². The standard InChI is InChI=1S/C19H16O4/c20-18(21)17(19(22)23)13-7-12-16(14-8-3-1-4-9-14)15-10-5-2-6-11-15/h1-13,17H,(H,20,21)(H,22,23). The summed E-state index contributed by atoms with van der Waals surface area (Å²) in [7, 11) is 0. The maximum Gasteiger partial charge on any atom is 0.321 e. The summed E-state index contributed by atoms with van der Waals surface area (Å²) in [5.74, 6) is -4.33. The third kappa shape index (κ3) is 4.41. The van der Waals surface area contributed by atoms with Gasteiger partial charge in [-0.3, -0.25) is 9.59 Å². The number of allylic oxidation sites excluding steroid dienone is 2. The van der Waals surface area contributed by atoms with Crippen LogP contribution in [0.25, 0.3) is 5.57 Å². The molecular formula is C19H16O4. The number of aliphatic carboxylic acids is 2. The SMILES string of the molecule is O=C(O)C(C=CC=C(c1ccccc1)c1ccccc1)C(=O)O. The van der Waals surface area contributed by atoms with Crippen LogP contribution < -0.4 is 0 Å². The third-order valence-electron chi connectivity index (χ3n) is 3.27. The second kappa shape index (κ2) is 7.75. The van der Waals surface area contributed by atoms with Gasteiger partial charge in [0.15, 0.2) is 5.92 Å². The van der Waals surface area contributed by atoms with Crippen LogP contribution in [0.1, 0.15) is 11.1 Å². The first-order valence-electron chi connectivity index (χ1n) is 7.04. The predicted octanol–water partition coefficient (Wildman–Crippen LogP) is 3.46. The second-order valence-corrected chi connectivity index (χ2v) is 4.85. The van der Waals surface area contributed by atoms with Crippen molar-refractivity contribution in [3.05, 3.63) is 90.0 Å². The molecule has 0 radical (unpaired) electrons. The predicted molar refractivity (Wildman–Crippen MR) is 87.9 cm³/mol. The van der Waals surface area contributed by atoms with Crippen LogP contribution in [0, 0.1) is 5.92 Å². The molecule has 23 heavy (non-hydrogen) atoms. The summed E-state index contributed by atoms with van der Waals surface area (Å²) in [6.07, 6.45) is 4.36. The van der Waals surface area contributed by atoms with Crippen LogP contribution in [-0.2, 0) is 9.59 Å². The number of benzene rings is 2. The van der Waals surface area contributed by atoms with Crippen molar-refractivity contribution < 1.29 is 19.8 Å². The number of carboxylic acid groups (broad SMARTS) is 2. The molecule has 2 rings (SSSR count). The summed E-state index contributed by atoms with van der Waals surface area (Å²) in [5.41, 5.74) is 2.81. The molecule has 4 heteroatoms. The molecule has 0 saturated heterocycles. The fraction of sp³-hybridized carbons (Fsp3) is 0.0526. The van der Waals surface area contributed by atoms with E-state index in [2.05, 4.69) is 0 Å². The van der Waals surface area contributed by atoms with E-state index in [4.69, 9.17) is 10.2 Å². The van der Waals surface area contributed by atoms with E-state index in [-0.39, 0.29) is 0 Å². The average Bonchev–Trinajstić information content (AvgIpc) is 2.56. The number of carboxylic acids is 2. The van der Waals surface area contributed by atoms with Crippen LogP contribution in [0.4, 0.5) is 0 Å². The minimum Gasteiger partial charge on any atom is -0.480 e. The molecule has 2 aromatic rings. The molecule has 116 valence electrons. The third-order valence-corrected chi connectivity index (χ3v) is 3.27. The topological polar surface area (TPSA) is 74.6 Å². The van der Waals surface area contributed by atoms with E-state index in [0.29, 0.717) is 0 Å². The zero-order chi connectivity index (χ0) is 16.7. The van der Waals surface area contributed by atoms with E-state index >= 15 is 0 Å². The lowest BCUT2D eigenvalue weighted by atomic mass is 9.97. The molecular weight excluding hydrogens is 292 g/mol. The van der Waals surface area contributed by atoms with Crippen molar-refractivity contribution >= 4 is 17.5 Å². The molecule has 0 unspecified atom stereocenters. The largest absolute Gasteiger partial charge is 0.480 e. The highest BCUT2D eigenvalue weighted by molar-refractivity contribution is 5.95. The van der Waals surface area contributed by atoms with Crippen molar-refractivity contribution in [1.29, 1.82) is 0 Å². The number of rotatable bonds is 6. The van der Waals surface area contributed by atoms with Gasteiger partial charge in [-0.15, -0.1) is 0 Å². The molecule has 0 saturated carbocycles. The fourth-order valence-electron chi connectivity index (χ4n) is 2.13. The second-order valence-electron chi connectivity index (χ2n) is 4.85. The highest BCUT2D eigenvalue weighted by Crippen LogP contribution is 2.23. The summed E-state index contributed by atoms with van der Waals surface area (Å²) in [6, 6.07) is 19.2. The van der Waals surface area contributed by atoms with Gasteiger partial charge in [0.25, 0.3) is 0 Å². The first kappa shape index (κ1) is 16.2. The Morgan fingerprint density at radius 2 is 1.22 bits per heavy atom. The lowest BCUT2D eigenvalue weighted by molar-refractivity contribution is -0.151. The zero-order valence-electron chi connectivity index (χ0n) is 12.3. The molecule has 2 aromatic carbocycles. The summed E-state index contributed by atoms with van der Waals surface area (Å²) in [4.78, 5) is 21.8. The summed E-state index contributed by atoms with van der Waals surface area (Å²) in [5, 5.41) is 17.8. The van der Waals surface area contributed by atoms with Gasteiger partial charge in [-0.05, 0) is 16.7 Å². The first-order chi connectivity index (χ1) is 11.1. The van der Waals surface area contributed by atoms with Gasteiger partial charge in [0, 0.05) is 0 Å². The van der Waals surface area contributed by atoms with E-state index in [1.165, 1.54) is 6.08 Å². The molecule has 0 fully saturated rings. The Kier molecular flexibility index (Phi) is 5.47. The molecule has 2 N–H and O–H groups in total. The lowest BCUT2D eigenvalue weighted by Crippen LogP contribution is -2.20. The Labute approximate surface area is 134 Å². The van der Waals surface area contributed by atoms with Gasteiger partial charge in [0.2, 0.25) is 0 Å². The van der Waals surface area contributed by atoms with Crippen LogP contribution in [0.5, 0.6) is 0 Å². The molecule has 0 atom stereocenters. The van der Waals surface area contributed by atoms with Crippen LogP contribution in [-0.4, -0.2) is 22.2 Å². The van der Waals surface area contributed by atoms with Gasteiger partial charge in [-0.25, -0.2) is 0 Å². The van der Waals surface area contributed by atoms with E-state index < -0.39 is 17.9 Å². The Morgan fingerprint density at radius 1 is 0.783 bits per heavy atom. The highest BCUT2D eigenvalue weighted by Gasteiger charge is 2.21. The van der Waals surface area contributed by atoms with Crippen LogP contribution in [0.2, 0.25) is 0 Å². The van der Waals surface area contributed by atoms with Crippen LogP contribution >= 0.6 is 0 Å². The molecule has 0 heterocycles. The smallest absolute Gasteiger partial charge is 0.321 e. The molecule has 0 spiro atoms. The number of hydrogen-bond donors (Lipinski definition) is 2. The monoisotopic (exact) mass is 308 g/mol. The normalized spacial score (nSPS) is 10.7. The molecule has 4 nitrogen and oxygen atoms in total. The lowest BCUT2D eigenvalue weighted by Gasteiger charge is -2.07. The number of carbonyl (C=O) groups is 2. The van der Waals surface area contributed by atoms with Gasteiger partial charge in [-0.1, -0.05) is 78.9 Å². The fourth-order valence-corrected chi connectivity index (χ4v) is 2.13. The van der Waals surface area contributed by atoms with Crippen molar-refractivity contribution in [2.45, 2.75) is 0 Å². The Hall–Kier alpha value is -3.14. The van der Waals surface area contributed by atoms with E-state index in [1.54, 1.807) is 6.08 Å². The Balaban J connectivity index is 2.39. The maximum atomic E-state index is 10.9. The molecule has 0 aliphatic heterocycles. The van der Waals surface area contributed by atoms with E-state index in [0.717, 1.165) is 22.8 Å². The van der Waals surface area contributed by atoms with Crippen LogP contribution in [0.3, 0.4) is 0 Å². The Morgan fingerprint density at radius 3 is 1.61 bits per heavy atom. The van der Waals surface area contributed by atoms with Crippen molar-refractivity contribution in [2.75, 3.05) is 0 Å². The summed E-state index contributed by atoms with van der Waals surface area (Å²) in [6.45, 7) is 0. The molecule has 0 aromatic heterocycles. The maximum absolute atomic E-state index is 10.9. The number of hydrogen-bond acceptors (Lipinski definition) is 2. The van der Waals surface area contributed by atoms with Gasteiger partial charge in [0.05, 0.1) is 0 Å². The molecule has 0 aliphatic rings. The van der Waals surface area contributed by atoms with Gasteiger partial charge >= 0.3 is 11.9 Å². The minimum atomic E-state index is -1.56. The first-order valence-corrected chi connectivity index (χ1v) is 7.04. The summed E-state index contributed by atoms with van der Waals surface area (Å²) >= 11 is 0.